The van der Waals surface area contributed by atoms with Crippen molar-refractivity contribution in [2.75, 3.05) is 26.2 Å². The van der Waals surface area contributed by atoms with Crippen molar-refractivity contribution in [3.63, 3.8) is 0 Å². The first-order valence-corrected chi connectivity index (χ1v) is 8.09. The Morgan fingerprint density at radius 1 is 1.05 bits per heavy atom. The van der Waals surface area contributed by atoms with Crippen molar-refractivity contribution in [1.82, 2.24) is 4.90 Å². The Kier molecular flexibility index (Phi) is 7.76. The highest BCUT2D eigenvalue weighted by Crippen LogP contribution is 2.25. The summed E-state index contributed by atoms with van der Waals surface area (Å²) in [7, 11) is 0. The van der Waals surface area contributed by atoms with E-state index >= 15 is 0 Å². The van der Waals surface area contributed by atoms with Crippen LogP contribution in [0.4, 0.5) is 0 Å². The summed E-state index contributed by atoms with van der Waals surface area (Å²) in [6.45, 7) is 13.7. The number of ether oxygens (including phenoxy) is 1. The van der Waals surface area contributed by atoms with Crippen LogP contribution in [0.5, 0.6) is 5.75 Å². The lowest BCUT2D eigenvalue weighted by molar-refractivity contribution is 0.0676. The summed E-state index contributed by atoms with van der Waals surface area (Å²) in [6, 6.07) is 4.18. The fourth-order valence-electron chi connectivity index (χ4n) is 2.60. The van der Waals surface area contributed by atoms with Gasteiger partial charge in [-0.05, 0) is 63.4 Å². The summed E-state index contributed by atoms with van der Waals surface area (Å²) in [6.07, 6.45) is 1.79. The second kappa shape index (κ2) is 9.06. The van der Waals surface area contributed by atoms with Crippen LogP contribution in [-0.2, 0) is 0 Å². The van der Waals surface area contributed by atoms with Crippen LogP contribution < -0.4 is 4.74 Å². The third-order valence-corrected chi connectivity index (χ3v) is 3.84. The topological polar surface area (TPSA) is 32.7 Å². The number of hydrogen-bond acceptors (Lipinski definition) is 3. The standard InChI is InChI=1S/C18H31NO2/c1-6-10-19(11-7-2)12-17(20)13-21-18-15(4)9-8-14(3)16(18)5/h8-9,17,20H,6-7,10-13H2,1-5H3. The molecule has 0 fully saturated rings. The van der Waals surface area contributed by atoms with Gasteiger partial charge >= 0.3 is 0 Å². The maximum absolute atomic E-state index is 10.2. The van der Waals surface area contributed by atoms with Crippen molar-refractivity contribution < 1.29 is 9.84 Å². The molecular weight excluding hydrogens is 262 g/mol. The van der Waals surface area contributed by atoms with Crippen LogP contribution in [-0.4, -0.2) is 42.4 Å². The molecule has 0 aliphatic rings. The maximum Gasteiger partial charge on any atom is 0.125 e. The zero-order valence-electron chi connectivity index (χ0n) is 14.3. The summed E-state index contributed by atoms with van der Waals surface area (Å²) in [5, 5.41) is 10.2. The third kappa shape index (κ3) is 5.68. The lowest BCUT2D eigenvalue weighted by Crippen LogP contribution is -2.36. The van der Waals surface area contributed by atoms with Crippen LogP contribution in [0, 0.1) is 20.8 Å². The van der Waals surface area contributed by atoms with Gasteiger partial charge in [0.15, 0.2) is 0 Å². The van der Waals surface area contributed by atoms with Gasteiger partial charge in [-0.25, -0.2) is 0 Å². The van der Waals surface area contributed by atoms with Crippen LogP contribution in [0.1, 0.15) is 43.4 Å². The second-order valence-electron chi connectivity index (χ2n) is 5.92. The van der Waals surface area contributed by atoms with Gasteiger partial charge in [-0.3, -0.25) is 0 Å². The Labute approximate surface area is 129 Å². The van der Waals surface area contributed by atoms with Gasteiger partial charge in [-0.1, -0.05) is 26.0 Å². The van der Waals surface area contributed by atoms with Gasteiger partial charge in [-0.15, -0.1) is 0 Å². The molecular formula is C18H31NO2. The lowest BCUT2D eigenvalue weighted by Gasteiger charge is -2.24. The molecule has 0 aliphatic carbocycles. The van der Waals surface area contributed by atoms with Crippen molar-refractivity contribution in [3.8, 4) is 5.75 Å². The van der Waals surface area contributed by atoms with Crippen molar-refractivity contribution >= 4 is 0 Å². The number of benzene rings is 1. The van der Waals surface area contributed by atoms with Gasteiger partial charge < -0.3 is 14.7 Å². The van der Waals surface area contributed by atoms with E-state index in [4.69, 9.17) is 4.74 Å². The molecule has 1 unspecified atom stereocenters. The van der Waals surface area contributed by atoms with E-state index in [9.17, 15) is 5.11 Å². The normalized spacial score (nSPS) is 12.7. The number of aliphatic hydroxyl groups is 1. The number of hydrogen-bond donors (Lipinski definition) is 1. The molecule has 0 saturated carbocycles. The van der Waals surface area contributed by atoms with Crippen molar-refractivity contribution in [2.24, 2.45) is 0 Å². The lowest BCUT2D eigenvalue weighted by atomic mass is 10.1. The van der Waals surface area contributed by atoms with Gasteiger partial charge in [0, 0.05) is 6.54 Å². The Morgan fingerprint density at radius 3 is 2.19 bits per heavy atom. The Hall–Kier alpha value is -1.06. The molecule has 0 amide bonds. The first kappa shape index (κ1) is 18.0. The third-order valence-electron chi connectivity index (χ3n) is 3.84. The first-order chi connectivity index (χ1) is 9.99. The first-order valence-electron chi connectivity index (χ1n) is 8.09. The number of aliphatic hydroxyl groups excluding tert-OH is 1. The highest BCUT2D eigenvalue weighted by molar-refractivity contribution is 5.44. The summed E-state index contributed by atoms with van der Waals surface area (Å²) < 4.78 is 5.89. The second-order valence-corrected chi connectivity index (χ2v) is 5.92. The zero-order valence-corrected chi connectivity index (χ0v) is 14.3. The average molecular weight is 293 g/mol. The van der Waals surface area contributed by atoms with Gasteiger partial charge in [-0.2, -0.15) is 0 Å². The fourth-order valence-corrected chi connectivity index (χ4v) is 2.60. The van der Waals surface area contributed by atoms with Gasteiger partial charge in [0.25, 0.3) is 0 Å². The molecule has 0 saturated heterocycles. The Bertz CT molecular complexity index is 425. The molecule has 1 rings (SSSR count). The van der Waals surface area contributed by atoms with Crippen LogP contribution >= 0.6 is 0 Å². The molecule has 1 aromatic carbocycles. The molecule has 0 radical (unpaired) electrons. The molecule has 1 N–H and O–H groups in total. The minimum atomic E-state index is -0.442. The van der Waals surface area contributed by atoms with E-state index in [0.717, 1.165) is 37.2 Å². The summed E-state index contributed by atoms with van der Waals surface area (Å²) in [4.78, 5) is 2.31. The molecule has 120 valence electrons. The highest BCUT2D eigenvalue weighted by atomic mass is 16.5. The SMILES string of the molecule is CCCN(CCC)CC(O)COc1c(C)ccc(C)c1C. The van der Waals surface area contributed by atoms with Gasteiger partial charge in [0.2, 0.25) is 0 Å². The van der Waals surface area contributed by atoms with Crippen molar-refractivity contribution in [3.05, 3.63) is 28.8 Å². The van der Waals surface area contributed by atoms with E-state index in [1.165, 1.54) is 11.1 Å². The predicted molar refractivity (Wildman–Crippen MR) is 89.2 cm³/mol. The molecule has 0 aliphatic heterocycles. The average Bonchev–Trinajstić information content (AvgIpc) is 2.43. The molecule has 3 heteroatoms. The quantitative estimate of drug-likeness (QED) is 0.756. The number of aryl methyl sites for hydroxylation is 2. The van der Waals surface area contributed by atoms with Gasteiger partial charge in [0.05, 0.1) is 0 Å². The van der Waals surface area contributed by atoms with Crippen molar-refractivity contribution in [1.29, 1.82) is 0 Å². The minimum Gasteiger partial charge on any atom is -0.490 e. The predicted octanol–water partition coefficient (Wildman–Crippen LogP) is 3.47. The molecule has 1 atom stereocenters. The number of nitrogens with zero attached hydrogens (tertiary/aromatic N) is 1. The van der Waals surface area contributed by atoms with Crippen LogP contribution in [0.2, 0.25) is 0 Å². The monoisotopic (exact) mass is 293 g/mol. The smallest absolute Gasteiger partial charge is 0.125 e. The fraction of sp³-hybridized carbons (Fsp3) is 0.667. The van der Waals surface area contributed by atoms with Gasteiger partial charge in [0.1, 0.15) is 18.5 Å². The molecule has 0 spiro atoms. The van der Waals surface area contributed by atoms with E-state index in [2.05, 4.69) is 51.7 Å². The van der Waals surface area contributed by atoms with E-state index in [1.54, 1.807) is 0 Å². The summed E-state index contributed by atoms with van der Waals surface area (Å²) in [5.74, 6) is 0.923. The molecule has 0 aromatic heterocycles. The Morgan fingerprint density at radius 2 is 1.62 bits per heavy atom. The molecule has 1 aromatic rings. The largest absolute Gasteiger partial charge is 0.490 e. The molecule has 0 heterocycles. The molecule has 3 nitrogen and oxygen atoms in total. The highest BCUT2D eigenvalue weighted by Gasteiger charge is 2.13. The Balaban J connectivity index is 2.56. The van der Waals surface area contributed by atoms with Crippen LogP contribution in [0.15, 0.2) is 12.1 Å². The van der Waals surface area contributed by atoms with E-state index in [1.807, 2.05) is 0 Å². The van der Waals surface area contributed by atoms with Crippen LogP contribution in [0.25, 0.3) is 0 Å². The van der Waals surface area contributed by atoms with E-state index in [-0.39, 0.29) is 0 Å². The zero-order chi connectivity index (χ0) is 15.8. The van der Waals surface area contributed by atoms with E-state index in [0.29, 0.717) is 13.2 Å². The maximum atomic E-state index is 10.2. The summed E-state index contributed by atoms with van der Waals surface area (Å²) >= 11 is 0. The van der Waals surface area contributed by atoms with Crippen LogP contribution in [0.3, 0.4) is 0 Å². The summed E-state index contributed by atoms with van der Waals surface area (Å²) in [5.41, 5.74) is 3.52. The number of rotatable bonds is 9. The minimum absolute atomic E-state index is 0.356. The van der Waals surface area contributed by atoms with E-state index < -0.39 is 6.10 Å². The molecule has 0 bridgehead atoms. The van der Waals surface area contributed by atoms with Crippen molar-refractivity contribution in [2.45, 2.75) is 53.6 Å². The molecule has 21 heavy (non-hydrogen) atoms.